The number of amides is 1. The Bertz CT molecular complexity index is 1210. The molecule has 0 saturated carbocycles. The van der Waals surface area contributed by atoms with Crippen molar-refractivity contribution >= 4 is 27.3 Å². The van der Waals surface area contributed by atoms with E-state index in [1.165, 1.54) is 24.5 Å². The smallest absolute Gasteiger partial charge is 0.262 e. The van der Waals surface area contributed by atoms with Gasteiger partial charge in [0, 0.05) is 40.6 Å². The number of methoxy groups -OCH3 is 1. The van der Waals surface area contributed by atoms with Gasteiger partial charge in [-0.1, -0.05) is 24.3 Å². The van der Waals surface area contributed by atoms with Crippen molar-refractivity contribution in [3.63, 3.8) is 0 Å². The molecule has 0 atom stereocenters. The van der Waals surface area contributed by atoms with Crippen molar-refractivity contribution < 1.29 is 13.9 Å². The number of nitrogens with one attached hydrogen (secondary N) is 1. The first-order chi connectivity index (χ1) is 14.5. The van der Waals surface area contributed by atoms with Crippen molar-refractivity contribution in [1.82, 2.24) is 15.1 Å². The highest BCUT2D eigenvalue weighted by atomic mass is 32.1. The van der Waals surface area contributed by atoms with Gasteiger partial charge in [-0.3, -0.25) is 4.79 Å². The third-order valence-corrected chi connectivity index (χ3v) is 6.32. The summed E-state index contributed by atoms with van der Waals surface area (Å²) in [5.74, 6) is -0.584. The largest absolute Gasteiger partial charge is 0.380 e. The zero-order valence-electron chi connectivity index (χ0n) is 17.0. The Morgan fingerprint density at radius 3 is 2.63 bits per heavy atom. The Balaban J connectivity index is 1.61. The number of fused-ring (bicyclic) bond motifs is 1. The van der Waals surface area contributed by atoms with Crippen LogP contribution in [0.25, 0.3) is 15.8 Å². The van der Waals surface area contributed by atoms with Crippen LogP contribution in [0.1, 0.15) is 32.2 Å². The first kappa shape index (κ1) is 20.3. The first-order valence-electron chi connectivity index (χ1n) is 9.58. The number of rotatable bonds is 6. The van der Waals surface area contributed by atoms with Crippen molar-refractivity contribution in [3.8, 4) is 5.69 Å². The fourth-order valence-corrected chi connectivity index (χ4v) is 4.77. The highest BCUT2D eigenvalue weighted by molar-refractivity contribution is 7.21. The highest BCUT2D eigenvalue weighted by Gasteiger charge is 2.21. The fraction of sp³-hybridized carbons (Fsp3) is 0.217. The standard InChI is InChI=1S/C23H22FN3O2S/c1-14-17(15(2)27(26-14)16-8-5-4-6-9-16)12-25-23(28)22-18(13-29-3)21-19(24)10-7-11-20(21)30-22/h4-11H,12-13H2,1-3H3,(H,25,28). The molecule has 0 aliphatic rings. The number of nitrogens with zero attached hydrogens (tertiary/aromatic N) is 2. The van der Waals surface area contributed by atoms with E-state index in [1.807, 2.05) is 54.9 Å². The summed E-state index contributed by atoms with van der Waals surface area (Å²) in [5.41, 5.74) is 4.35. The van der Waals surface area contributed by atoms with Crippen LogP contribution in [-0.4, -0.2) is 22.8 Å². The van der Waals surface area contributed by atoms with Crippen LogP contribution in [0.15, 0.2) is 48.5 Å². The number of carbonyl (C=O) groups excluding carboxylic acids is 1. The van der Waals surface area contributed by atoms with Gasteiger partial charge in [-0.2, -0.15) is 5.10 Å². The number of halogens is 1. The summed E-state index contributed by atoms with van der Waals surface area (Å²) in [4.78, 5) is 13.5. The summed E-state index contributed by atoms with van der Waals surface area (Å²) in [6, 6.07) is 14.7. The van der Waals surface area contributed by atoms with Crippen LogP contribution < -0.4 is 5.32 Å². The Kier molecular flexibility index (Phi) is 5.65. The first-order valence-corrected chi connectivity index (χ1v) is 10.4. The van der Waals surface area contributed by atoms with Gasteiger partial charge in [-0.05, 0) is 38.1 Å². The normalized spacial score (nSPS) is 11.2. The van der Waals surface area contributed by atoms with Crippen molar-refractivity contribution in [2.24, 2.45) is 0 Å². The number of aryl methyl sites for hydroxylation is 1. The fourth-order valence-electron chi connectivity index (χ4n) is 3.63. The van der Waals surface area contributed by atoms with Crippen LogP contribution in [0.2, 0.25) is 0 Å². The van der Waals surface area contributed by atoms with E-state index >= 15 is 0 Å². The Morgan fingerprint density at radius 1 is 1.13 bits per heavy atom. The molecular weight excluding hydrogens is 401 g/mol. The van der Waals surface area contributed by atoms with Crippen molar-refractivity contribution in [1.29, 1.82) is 0 Å². The molecule has 4 aromatic rings. The molecule has 0 unspecified atom stereocenters. The predicted octanol–water partition coefficient (Wildman–Crippen LogP) is 4.92. The molecule has 2 aromatic heterocycles. The summed E-state index contributed by atoms with van der Waals surface area (Å²) in [5, 5.41) is 8.06. The van der Waals surface area contributed by atoms with Gasteiger partial charge in [0.25, 0.3) is 5.91 Å². The minimum absolute atomic E-state index is 0.174. The third kappa shape index (κ3) is 3.62. The molecule has 0 radical (unpaired) electrons. The Hall–Kier alpha value is -3.03. The lowest BCUT2D eigenvalue weighted by Crippen LogP contribution is -2.23. The molecular formula is C23H22FN3O2S. The number of carbonyl (C=O) groups is 1. The number of para-hydroxylation sites is 1. The van der Waals surface area contributed by atoms with Crippen LogP contribution in [0.5, 0.6) is 0 Å². The number of ether oxygens (including phenoxy) is 1. The second-order valence-electron chi connectivity index (χ2n) is 7.04. The number of thiophene rings is 1. The Labute approximate surface area is 178 Å². The van der Waals surface area contributed by atoms with E-state index < -0.39 is 0 Å². The second-order valence-corrected chi connectivity index (χ2v) is 8.09. The summed E-state index contributed by atoms with van der Waals surface area (Å²) < 4.78 is 22.2. The van der Waals surface area contributed by atoms with Gasteiger partial charge in [-0.15, -0.1) is 11.3 Å². The molecule has 154 valence electrons. The zero-order chi connectivity index (χ0) is 21.3. The number of aromatic nitrogens is 2. The van der Waals surface area contributed by atoms with Crippen molar-refractivity contribution in [3.05, 3.63) is 81.7 Å². The average molecular weight is 424 g/mol. The topological polar surface area (TPSA) is 56.1 Å². The quantitative estimate of drug-likeness (QED) is 0.479. The third-order valence-electron chi connectivity index (χ3n) is 5.13. The summed E-state index contributed by atoms with van der Waals surface area (Å²) in [7, 11) is 1.54. The van der Waals surface area contributed by atoms with E-state index in [2.05, 4.69) is 10.4 Å². The summed E-state index contributed by atoms with van der Waals surface area (Å²) in [6.07, 6.45) is 0. The molecule has 30 heavy (non-hydrogen) atoms. The molecule has 0 bridgehead atoms. The van der Waals surface area contributed by atoms with Crippen molar-refractivity contribution in [2.75, 3.05) is 7.11 Å². The lowest BCUT2D eigenvalue weighted by Gasteiger charge is -2.08. The zero-order valence-corrected chi connectivity index (χ0v) is 17.8. The molecule has 0 aliphatic carbocycles. The van der Waals surface area contributed by atoms with Gasteiger partial charge < -0.3 is 10.1 Å². The molecule has 1 N–H and O–H groups in total. The van der Waals surface area contributed by atoms with E-state index in [-0.39, 0.29) is 18.3 Å². The maximum absolute atomic E-state index is 14.4. The van der Waals surface area contributed by atoms with Crippen LogP contribution in [-0.2, 0) is 17.9 Å². The average Bonchev–Trinajstić information content (AvgIpc) is 3.25. The molecule has 0 aliphatic heterocycles. The molecule has 7 heteroatoms. The lowest BCUT2D eigenvalue weighted by molar-refractivity contribution is 0.0950. The molecule has 2 aromatic carbocycles. The summed E-state index contributed by atoms with van der Waals surface area (Å²) in [6.45, 7) is 4.43. The number of benzene rings is 2. The van der Waals surface area contributed by atoms with Gasteiger partial charge in [-0.25, -0.2) is 9.07 Å². The van der Waals surface area contributed by atoms with E-state index in [1.54, 1.807) is 6.07 Å². The number of hydrogen-bond donors (Lipinski definition) is 1. The minimum atomic E-state index is -0.342. The maximum Gasteiger partial charge on any atom is 0.262 e. The second kappa shape index (κ2) is 8.38. The van der Waals surface area contributed by atoms with Crippen LogP contribution >= 0.6 is 11.3 Å². The van der Waals surface area contributed by atoms with Gasteiger partial charge in [0.15, 0.2) is 0 Å². The summed E-state index contributed by atoms with van der Waals surface area (Å²) >= 11 is 1.28. The van der Waals surface area contributed by atoms with E-state index in [4.69, 9.17) is 4.74 Å². The molecule has 4 rings (SSSR count). The lowest BCUT2D eigenvalue weighted by atomic mass is 10.1. The molecule has 1 amide bonds. The molecule has 2 heterocycles. The van der Waals surface area contributed by atoms with Crippen LogP contribution in [0.3, 0.4) is 0 Å². The van der Waals surface area contributed by atoms with Gasteiger partial charge in [0.2, 0.25) is 0 Å². The highest BCUT2D eigenvalue weighted by Crippen LogP contribution is 2.34. The van der Waals surface area contributed by atoms with Gasteiger partial charge in [0.1, 0.15) is 5.82 Å². The predicted molar refractivity (Wildman–Crippen MR) is 117 cm³/mol. The molecule has 0 fully saturated rings. The molecule has 0 saturated heterocycles. The van der Waals surface area contributed by atoms with Crippen LogP contribution in [0, 0.1) is 19.7 Å². The van der Waals surface area contributed by atoms with E-state index in [0.29, 0.717) is 22.4 Å². The monoisotopic (exact) mass is 423 g/mol. The van der Waals surface area contributed by atoms with Crippen molar-refractivity contribution in [2.45, 2.75) is 27.0 Å². The van der Waals surface area contributed by atoms with Crippen LogP contribution in [0.4, 0.5) is 4.39 Å². The number of hydrogen-bond acceptors (Lipinski definition) is 4. The Morgan fingerprint density at radius 2 is 1.90 bits per heavy atom. The minimum Gasteiger partial charge on any atom is -0.380 e. The maximum atomic E-state index is 14.4. The molecule has 5 nitrogen and oxygen atoms in total. The van der Waals surface area contributed by atoms with Gasteiger partial charge >= 0.3 is 0 Å². The molecule has 0 spiro atoms. The van der Waals surface area contributed by atoms with Gasteiger partial charge in [0.05, 0.1) is 22.9 Å². The SMILES string of the molecule is COCc1c(C(=O)NCc2c(C)nn(-c3ccccc3)c2C)sc2cccc(F)c12. The van der Waals surface area contributed by atoms with E-state index in [0.717, 1.165) is 27.3 Å². The van der Waals surface area contributed by atoms with E-state index in [9.17, 15) is 9.18 Å².